The van der Waals surface area contributed by atoms with Gasteiger partial charge in [0.1, 0.15) is 6.10 Å². The van der Waals surface area contributed by atoms with Gasteiger partial charge in [0.2, 0.25) is 0 Å². The SMILES string of the molecule is CC[C@H](C)C(=O)O[C@H]1C[C@@H](C)C=C2C=C[C@H](C)[C@H](CC#CC3C[C@@H](O)CC(=O)O3)C21. The highest BCUT2D eigenvalue weighted by atomic mass is 16.5. The van der Waals surface area contributed by atoms with Gasteiger partial charge in [0.05, 0.1) is 18.4 Å². The average molecular weight is 415 g/mol. The Balaban J connectivity index is 1.76. The third kappa shape index (κ3) is 5.35. The molecule has 0 aromatic rings. The number of carbonyl (C=O) groups excluding carboxylic acids is 2. The van der Waals surface area contributed by atoms with Crippen molar-refractivity contribution in [3.63, 3.8) is 0 Å². The van der Waals surface area contributed by atoms with E-state index in [2.05, 4.69) is 43.9 Å². The molecular formula is C25H34O5. The van der Waals surface area contributed by atoms with E-state index >= 15 is 0 Å². The molecule has 0 aromatic carbocycles. The van der Waals surface area contributed by atoms with Crippen molar-refractivity contribution in [2.45, 2.75) is 78.1 Å². The fourth-order valence-corrected chi connectivity index (χ4v) is 4.68. The van der Waals surface area contributed by atoms with E-state index in [1.54, 1.807) is 0 Å². The molecule has 1 saturated heterocycles. The highest BCUT2D eigenvalue weighted by Crippen LogP contribution is 2.44. The molecule has 8 atom stereocenters. The Morgan fingerprint density at radius 2 is 2.13 bits per heavy atom. The predicted molar refractivity (Wildman–Crippen MR) is 114 cm³/mol. The van der Waals surface area contributed by atoms with Crippen LogP contribution in [-0.4, -0.2) is 35.4 Å². The Hall–Kier alpha value is -2.06. The summed E-state index contributed by atoms with van der Waals surface area (Å²) in [5, 5.41) is 9.77. The molecule has 164 valence electrons. The molecule has 0 radical (unpaired) electrons. The van der Waals surface area contributed by atoms with Gasteiger partial charge in [-0.15, -0.1) is 0 Å². The second kappa shape index (κ2) is 9.83. The van der Waals surface area contributed by atoms with Crippen molar-refractivity contribution in [3.05, 3.63) is 23.8 Å². The second-order valence-electron chi connectivity index (χ2n) is 9.17. The third-order valence-electron chi connectivity index (χ3n) is 6.64. The van der Waals surface area contributed by atoms with Crippen LogP contribution in [0.1, 0.15) is 59.8 Å². The van der Waals surface area contributed by atoms with Gasteiger partial charge in [0.15, 0.2) is 6.10 Å². The Morgan fingerprint density at radius 1 is 1.37 bits per heavy atom. The molecule has 2 aliphatic carbocycles. The molecule has 3 rings (SSSR count). The number of esters is 2. The zero-order valence-electron chi connectivity index (χ0n) is 18.5. The summed E-state index contributed by atoms with van der Waals surface area (Å²) >= 11 is 0. The maximum atomic E-state index is 12.5. The Labute approximate surface area is 179 Å². The van der Waals surface area contributed by atoms with E-state index in [4.69, 9.17) is 9.47 Å². The lowest BCUT2D eigenvalue weighted by Gasteiger charge is -2.42. The van der Waals surface area contributed by atoms with Gasteiger partial charge < -0.3 is 14.6 Å². The summed E-state index contributed by atoms with van der Waals surface area (Å²) in [6.45, 7) is 8.25. The summed E-state index contributed by atoms with van der Waals surface area (Å²) in [7, 11) is 0. The van der Waals surface area contributed by atoms with Gasteiger partial charge in [-0.25, -0.2) is 0 Å². The Kier molecular flexibility index (Phi) is 7.41. The number of ether oxygens (including phenoxy) is 2. The number of aliphatic hydroxyl groups excluding tert-OH is 1. The van der Waals surface area contributed by atoms with E-state index in [9.17, 15) is 14.7 Å². The minimum atomic E-state index is -0.680. The molecule has 1 aliphatic heterocycles. The van der Waals surface area contributed by atoms with E-state index < -0.39 is 18.2 Å². The number of allylic oxidation sites excluding steroid dienone is 3. The number of hydrogen-bond acceptors (Lipinski definition) is 5. The summed E-state index contributed by atoms with van der Waals surface area (Å²) in [5.41, 5.74) is 1.24. The molecule has 3 aliphatic rings. The van der Waals surface area contributed by atoms with Crippen LogP contribution in [0.15, 0.2) is 23.8 Å². The topological polar surface area (TPSA) is 72.8 Å². The van der Waals surface area contributed by atoms with Crippen LogP contribution in [0.3, 0.4) is 0 Å². The number of aliphatic hydroxyl groups is 1. The summed E-state index contributed by atoms with van der Waals surface area (Å²) in [4.78, 5) is 24.1. The van der Waals surface area contributed by atoms with Gasteiger partial charge in [-0.2, -0.15) is 0 Å². The first-order valence-electron chi connectivity index (χ1n) is 11.2. The van der Waals surface area contributed by atoms with E-state index in [1.165, 1.54) is 5.57 Å². The van der Waals surface area contributed by atoms with Crippen LogP contribution < -0.4 is 0 Å². The van der Waals surface area contributed by atoms with E-state index in [0.717, 1.165) is 12.8 Å². The molecule has 30 heavy (non-hydrogen) atoms. The van der Waals surface area contributed by atoms with Crippen LogP contribution in [0.25, 0.3) is 0 Å². The lowest BCUT2D eigenvalue weighted by molar-refractivity contribution is -0.158. The lowest BCUT2D eigenvalue weighted by Crippen LogP contribution is -2.41. The molecule has 2 unspecified atom stereocenters. The summed E-state index contributed by atoms with van der Waals surface area (Å²) in [6, 6.07) is 0. The number of hydrogen-bond donors (Lipinski definition) is 1. The first-order valence-corrected chi connectivity index (χ1v) is 11.2. The van der Waals surface area contributed by atoms with Crippen LogP contribution in [0.5, 0.6) is 0 Å². The van der Waals surface area contributed by atoms with Gasteiger partial charge >= 0.3 is 11.9 Å². The monoisotopic (exact) mass is 414 g/mol. The van der Waals surface area contributed by atoms with E-state index in [-0.39, 0.29) is 36.2 Å². The van der Waals surface area contributed by atoms with Crippen LogP contribution >= 0.6 is 0 Å². The van der Waals surface area contributed by atoms with Crippen molar-refractivity contribution >= 4 is 11.9 Å². The second-order valence-corrected chi connectivity index (χ2v) is 9.17. The lowest BCUT2D eigenvalue weighted by atomic mass is 9.66. The fourth-order valence-electron chi connectivity index (χ4n) is 4.68. The van der Waals surface area contributed by atoms with Gasteiger partial charge in [0, 0.05) is 18.8 Å². The number of rotatable bonds is 4. The quantitative estimate of drug-likeness (QED) is 0.559. The van der Waals surface area contributed by atoms with Crippen LogP contribution in [0.4, 0.5) is 0 Å². The minimum absolute atomic E-state index is 0.0419. The van der Waals surface area contributed by atoms with Crippen molar-refractivity contribution in [2.75, 3.05) is 0 Å². The molecular weight excluding hydrogens is 380 g/mol. The van der Waals surface area contributed by atoms with Crippen molar-refractivity contribution < 1.29 is 24.2 Å². The molecule has 0 saturated carbocycles. The molecule has 0 bridgehead atoms. The largest absolute Gasteiger partial charge is 0.461 e. The van der Waals surface area contributed by atoms with Crippen LogP contribution in [0.2, 0.25) is 0 Å². The first-order chi connectivity index (χ1) is 14.3. The van der Waals surface area contributed by atoms with Crippen molar-refractivity contribution in [1.29, 1.82) is 0 Å². The smallest absolute Gasteiger partial charge is 0.309 e. The van der Waals surface area contributed by atoms with Crippen LogP contribution in [-0.2, 0) is 19.1 Å². The van der Waals surface area contributed by atoms with Crippen molar-refractivity contribution in [3.8, 4) is 11.8 Å². The maximum Gasteiger partial charge on any atom is 0.309 e. The molecule has 5 heteroatoms. The third-order valence-corrected chi connectivity index (χ3v) is 6.64. The number of fused-ring (bicyclic) bond motifs is 1. The van der Waals surface area contributed by atoms with Crippen molar-refractivity contribution in [2.24, 2.45) is 29.6 Å². The van der Waals surface area contributed by atoms with Gasteiger partial charge in [-0.05, 0) is 36.2 Å². The molecule has 5 nitrogen and oxygen atoms in total. The highest BCUT2D eigenvalue weighted by molar-refractivity contribution is 5.72. The normalized spacial score (nSPS) is 36.5. The fraction of sp³-hybridized carbons (Fsp3) is 0.680. The van der Waals surface area contributed by atoms with Gasteiger partial charge in [-0.3, -0.25) is 9.59 Å². The zero-order chi connectivity index (χ0) is 21.8. The predicted octanol–water partition coefficient (Wildman–Crippen LogP) is 3.81. The zero-order valence-corrected chi connectivity index (χ0v) is 18.5. The molecule has 1 fully saturated rings. The molecule has 0 spiro atoms. The Morgan fingerprint density at radius 3 is 2.83 bits per heavy atom. The van der Waals surface area contributed by atoms with Crippen molar-refractivity contribution in [1.82, 2.24) is 0 Å². The average Bonchev–Trinajstić information content (AvgIpc) is 2.68. The molecule has 0 amide bonds. The number of carbonyl (C=O) groups is 2. The molecule has 1 N–H and O–H groups in total. The van der Waals surface area contributed by atoms with Crippen LogP contribution in [0, 0.1) is 41.4 Å². The summed E-state index contributed by atoms with van der Waals surface area (Å²) < 4.78 is 11.3. The Bertz CT molecular complexity index is 770. The summed E-state index contributed by atoms with van der Waals surface area (Å²) in [5.74, 6) is 6.64. The minimum Gasteiger partial charge on any atom is -0.461 e. The van der Waals surface area contributed by atoms with E-state index in [1.807, 2.05) is 13.8 Å². The van der Waals surface area contributed by atoms with E-state index in [0.29, 0.717) is 24.7 Å². The standard InChI is InChI=1S/C25H34O5/c1-5-16(3)25(28)30-22-12-15(2)11-18-10-9-17(4)21(24(18)22)8-6-7-20-13-19(26)14-23(27)29-20/h9-11,15-17,19-22,24,26H,5,8,12-14H2,1-4H3/t15-,16-,17-,19+,20?,21-,22-,24?/m0/s1. The summed E-state index contributed by atoms with van der Waals surface area (Å²) in [6.07, 6.45) is 7.94. The molecule has 0 aromatic heterocycles. The molecule has 1 heterocycles. The van der Waals surface area contributed by atoms with Gasteiger partial charge in [-0.1, -0.05) is 57.8 Å². The maximum absolute atomic E-state index is 12.5. The highest BCUT2D eigenvalue weighted by Gasteiger charge is 2.41. The first kappa shape index (κ1) is 22.6. The van der Waals surface area contributed by atoms with Gasteiger partial charge in [0.25, 0.3) is 0 Å². The number of cyclic esters (lactones) is 1.